The summed E-state index contributed by atoms with van der Waals surface area (Å²) in [5.74, 6) is -0.140. The molecule has 3 aromatic carbocycles. The van der Waals surface area contributed by atoms with Gasteiger partial charge >= 0.3 is 0 Å². The van der Waals surface area contributed by atoms with Crippen molar-refractivity contribution < 1.29 is 9.90 Å². The SMILES string of the molecule is CC(C(=O)N[C@H](CN1CCC(O)C1)c1ccc(N)cc1)(c1ccc(Cl)cc1)c1ccc(Cl)cc1. The fourth-order valence-corrected chi connectivity index (χ4v) is 4.75. The molecular weight excluding hydrogens is 469 g/mol. The quantitative estimate of drug-likeness (QED) is 0.409. The van der Waals surface area contributed by atoms with Crippen LogP contribution in [0.25, 0.3) is 0 Å². The minimum Gasteiger partial charge on any atom is -0.399 e. The molecule has 2 atom stereocenters. The molecule has 7 heteroatoms. The molecule has 178 valence electrons. The monoisotopic (exact) mass is 497 g/mol. The van der Waals surface area contributed by atoms with E-state index in [0.29, 0.717) is 28.8 Å². The van der Waals surface area contributed by atoms with Crippen LogP contribution in [0.1, 0.15) is 36.1 Å². The second-order valence-corrected chi connectivity index (χ2v) is 9.91. The van der Waals surface area contributed by atoms with Crippen LogP contribution in [0.5, 0.6) is 0 Å². The standard InChI is InChI=1S/C27H29Cl2N3O2/c1-27(19-4-8-21(28)9-5-19,20-6-10-22(29)11-7-20)26(34)31-25(17-32-15-14-24(33)16-32)18-2-12-23(30)13-3-18/h2-13,24-25,33H,14-17,30H2,1H3,(H,31,34)/t24?,25-/m1/s1. The molecule has 1 amide bonds. The first-order chi connectivity index (χ1) is 16.3. The molecule has 3 aromatic rings. The first kappa shape index (κ1) is 24.6. The van der Waals surface area contributed by atoms with E-state index in [9.17, 15) is 9.90 Å². The summed E-state index contributed by atoms with van der Waals surface area (Å²) in [6.45, 7) is 3.87. The number of halogens is 2. The summed E-state index contributed by atoms with van der Waals surface area (Å²) in [6.07, 6.45) is 0.395. The van der Waals surface area contributed by atoms with E-state index in [4.69, 9.17) is 28.9 Å². The highest BCUT2D eigenvalue weighted by Crippen LogP contribution is 2.35. The van der Waals surface area contributed by atoms with Crippen molar-refractivity contribution in [1.82, 2.24) is 10.2 Å². The van der Waals surface area contributed by atoms with Crippen LogP contribution in [-0.2, 0) is 10.2 Å². The Balaban J connectivity index is 1.69. The highest BCUT2D eigenvalue weighted by molar-refractivity contribution is 6.30. The van der Waals surface area contributed by atoms with Crippen LogP contribution in [0.2, 0.25) is 10.0 Å². The molecule has 0 aliphatic carbocycles. The van der Waals surface area contributed by atoms with Crippen LogP contribution in [0, 0.1) is 0 Å². The maximum atomic E-state index is 14.1. The average Bonchev–Trinajstić information content (AvgIpc) is 3.24. The van der Waals surface area contributed by atoms with Crippen LogP contribution in [0.3, 0.4) is 0 Å². The van der Waals surface area contributed by atoms with E-state index in [-0.39, 0.29) is 18.1 Å². The molecule has 4 rings (SSSR count). The molecule has 5 nitrogen and oxygen atoms in total. The maximum Gasteiger partial charge on any atom is 0.235 e. The van der Waals surface area contributed by atoms with Gasteiger partial charge in [-0.3, -0.25) is 9.69 Å². The van der Waals surface area contributed by atoms with E-state index in [1.54, 1.807) is 24.3 Å². The number of rotatable bonds is 7. The number of amides is 1. The lowest BCUT2D eigenvalue weighted by atomic mass is 9.75. The van der Waals surface area contributed by atoms with Gasteiger partial charge in [-0.2, -0.15) is 0 Å². The molecular formula is C27H29Cl2N3O2. The summed E-state index contributed by atoms with van der Waals surface area (Å²) < 4.78 is 0. The van der Waals surface area contributed by atoms with Crippen molar-refractivity contribution in [2.24, 2.45) is 0 Å². The van der Waals surface area contributed by atoms with Gasteiger partial charge in [0.15, 0.2) is 0 Å². The lowest BCUT2D eigenvalue weighted by molar-refractivity contribution is -0.125. The van der Waals surface area contributed by atoms with Crippen molar-refractivity contribution in [1.29, 1.82) is 0 Å². The van der Waals surface area contributed by atoms with Gasteiger partial charge < -0.3 is 16.2 Å². The number of nitrogens with zero attached hydrogens (tertiary/aromatic N) is 1. The molecule has 4 N–H and O–H groups in total. The van der Waals surface area contributed by atoms with Gasteiger partial charge in [-0.05, 0) is 66.4 Å². The summed E-state index contributed by atoms with van der Waals surface area (Å²) in [7, 11) is 0. The zero-order valence-corrected chi connectivity index (χ0v) is 20.6. The minimum absolute atomic E-state index is 0.140. The molecule has 0 radical (unpaired) electrons. The molecule has 34 heavy (non-hydrogen) atoms. The zero-order chi connectivity index (χ0) is 24.3. The second-order valence-electron chi connectivity index (χ2n) is 9.03. The summed E-state index contributed by atoms with van der Waals surface area (Å²) in [5, 5.41) is 14.5. The highest BCUT2D eigenvalue weighted by atomic mass is 35.5. The predicted octanol–water partition coefficient (Wildman–Crippen LogP) is 4.81. The topological polar surface area (TPSA) is 78.6 Å². The summed E-state index contributed by atoms with van der Waals surface area (Å²) >= 11 is 12.3. The Labute approximate surface area is 210 Å². The Bertz CT molecular complexity index is 1070. The van der Waals surface area contributed by atoms with Crippen molar-refractivity contribution in [3.63, 3.8) is 0 Å². The highest BCUT2D eigenvalue weighted by Gasteiger charge is 2.39. The average molecular weight is 498 g/mol. The number of hydrogen-bond acceptors (Lipinski definition) is 4. The molecule has 1 fully saturated rings. The van der Waals surface area contributed by atoms with Crippen LogP contribution < -0.4 is 11.1 Å². The molecule has 0 bridgehead atoms. The predicted molar refractivity (Wildman–Crippen MR) is 138 cm³/mol. The third-order valence-corrected chi connectivity index (χ3v) is 7.13. The molecule has 0 spiro atoms. The molecule has 1 aliphatic rings. The number of anilines is 1. The normalized spacial score (nSPS) is 17.5. The van der Waals surface area contributed by atoms with Gasteiger partial charge in [-0.1, -0.05) is 59.6 Å². The summed E-state index contributed by atoms with van der Waals surface area (Å²) in [5.41, 5.74) is 8.19. The van der Waals surface area contributed by atoms with Crippen LogP contribution >= 0.6 is 23.2 Å². The third kappa shape index (κ3) is 5.39. The summed E-state index contributed by atoms with van der Waals surface area (Å²) in [6, 6.07) is 22.0. The number of carbonyl (C=O) groups excluding carboxylic acids is 1. The van der Waals surface area contributed by atoms with Gasteiger partial charge in [-0.15, -0.1) is 0 Å². The van der Waals surface area contributed by atoms with Crippen molar-refractivity contribution in [3.05, 3.63) is 99.5 Å². The van der Waals surface area contributed by atoms with Gasteiger partial charge in [0.1, 0.15) is 0 Å². The van der Waals surface area contributed by atoms with Crippen LogP contribution in [-0.4, -0.2) is 41.7 Å². The van der Waals surface area contributed by atoms with E-state index in [1.807, 2.05) is 55.5 Å². The van der Waals surface area contributed by atoms with E-state index >= 15 is 0 Å². The van der Waals surface area contributed by atoms with Crippen molar-refractivity contribution in [2.45, 2.75) is 30.9 Å². The summed E-state index contributed by atoms with van der Waals surface area (Å²) in [4.78, 5) is 16.2. The Hall–Kier alpha value is -2.57. The minimum atomic E-state index is -0.980. The maximum absolute atomic E-state index is 14.1. The van der Waals surface area contributed by atoms with Gasteiger partial charge in [0, 0.05) is 35.4 Å². The number of aliphatic hydroxyl groups excluding tert-OH is 1. The smallest absolute Gasteiger partial charge is 0.235 e. The number of hydrogen-bond donors (Lipinski definition) is 3. The number of likely N-dealkylation sites (tertiary alicyclic amines) is 1. The van der Waals surface area contributed by atoms with Crippen molar-refractivity contribution in [2.75, 3.05) is 25.4 Å². The van der Waals surface area contributed by atoms with Gasteiger partial charge in [0.2, 0.25) is 5.91 Å². The molecule has 1 unspecified atom stereocenters. The van der Waals surface area contributed by atoms with E-state index in [1.165, 1.54) is 0 Å². The number of aliphatic hydroxyl groups is 1. The van der Waals surface area contributed by atoms with Crippen molar-refractivity contribution >= 4 is 34.8 Å². The Morgan fingerprint density at radius 2 is 1.56 bits per heavy atom. The molecule has 0 saturated carbocycles. The fourth-order valence-electron chi connectivity index (χ4n) is 4.50. The Morgan fingerprint density at radius 3 is 2.03 bits per heavy atom. The van der Waals surface area contributed by atoms with E-state index < -0.39 is 5.41 Å². The largest absolute Gasteiger partial charge is 0.399 e. The lowest BCUT2D eigenvalue weighted by Crippen LogP contribution is -2.47. The Morgan fingerprint density at radius 1 is 1.03 bits per heavy atom. The first-order valence-corrected chi connectivity index (χ1v) is 12.1. The molecule has 1 heterocycles. The molecule has 1 aliphatic heterocycles. The zero-order valence-electron chi connectivity index (χ0n) is 19.0. The van der Waals surface area contributed by atoms with Crippen LogP contribution in [0.4, 0.5) is 5.69 Å². The fraction of sp³-hybridized carbons (Fsp3) is 0.296. The number of nitrogens with one attached hydrogen (secondary N) is 1. The van der Waals surface area contributed by atoms with Crippen LogP contribution in [0.15, 0.2) is 72.8 Å². The number of nitrogen functional groups attached to an aromatic ring is 1. The van der Waals surface area contributed by atoms with Crippen molar-refractivity contribution in [3.8, 4) is 0 Å². The first-order valence-electron chi connectivity index (χ1n) is 11.3. The van der Waals surface area contributed by atoms with Gasteiger partial charge in [0.05, 0.1) is 17.6 Å². The number of β-amino-alcohol motifs (C(OH)–C–C–N with tert-alkyl or cyclic N) is 1. The number of nitrogens with two attached hydrogens (primary N) is 1. The van der Waals surface area contributed by atoms with E-state index in [2.05, 4.69) is 10.2 Å². The Kier molecular flexibility index (Phi) is 7.48. The molecule has 0 aromatic heterocycles. The second kappa shape index (κ2) is 10.4. The third-order valence-electron chi connectivity index (χ3n) is 6.63. The number of benzene rings is 3. The molecule has 1 saturated heterocycles. The van der Waals surface area contributed by atoms with Gasteiger partial charge in [-0.25, -0.2) is 0 Å². The van der Waals surface area contributed by atoms with E-state index in [0.717, 1.165) is 29.7 Å². The number of carbonyl (C=O) groups is 1. The van der Waals surface area contributed by atoms with Gasteiger partial charge in [0.25, 0.3) is 0 Å². The lowest BCUT2D eigenvalue weighted by Gasteiger charge is -2.33.